The minimum absolute atomic E-state index is 0.300. The standard InChI is InChI=1S/C13H21N3O2S/c1-19(17,18)12-6-4-9-15-13(12)16-10-3-2-5-11(16)7-8-14/h4,6,9,11H,2-3,5,7-8,10,14H2,1H3. The summed E-state index contributed by atoms with van der Waals surface area (Å²) < 4.78 is 23.7. The second kappa shape index (κ2) is 5.88. The topological polar surface area (TPSA) is 76.3 Å². The van der Waals surface area contributed by atoms with Gasteiger partial charge in [-0.2, -0.15) is 0 Å². The van der Waals surface area contributed by atoms with Crippen LogP contribution in [-0.4, -0.2) is 38.8 Å². The summed E-state index contributed by atoms with van der Waals surface area (Å²) in [5.74, 6) is 0.586. The molecule has 0 amide bonds. The van der Waals surface area contributed by atoms with Crippen LogP contribution >= 0.6 is 0 Å². The highest BCUT2D eigenvalue weighted by Gasteiger charge is 2.27. The molecule has 0 aliphatic carbocycles. The van der Waals surface area contributed by atoms with E-state index < -0.39 is 9.84 Å². The van der Waals surface area contributed by atoms with E-state index >= 15 is 0 Å². The lowest BCUT2D eigenvalue weighted by atomic mass is 9.99. The first-order valence-electron chi connectivity index (χ1n) is 6.66. The van der Waals surface area contributed by atoms with Crippen LogP contribution in [0.15, 0.2) is 23.2 Å². The zero-order valence-electron chi connectivity index (χ0n) is 11.2. The van der Waals surface area contributed by atoms with Gasteiger partial charge >= 0.3 is 0 Å². The number of sulfone groups is 1. The van der Waals surface area contributed by atoms with E-state index in [4.69, 9.17) is 5.73 Å². The third kappa shape index (κ3) is 3.25. The lowest BCUT2D eigenvalue weighted by Gasteiger charge is -2.37. The molecule has 6 heteroatoms. The molecule has 1 aliphatic rings. The van der Waals surface area contributed by atoms with Crippen molar-refractivity contribution < 1.29 is 8.42 Å². The van der Waals surface area contributed by atoms with E-state index in [0.717, 1.165) is 25.8 Å². The summed E-state index contributed by atoms with van der Waals surface area (Å²) in [4.78, 5) is 6.74. The molecular weight excluding hydrogens is 262 g/mol. The first kappa shape index (κ1) is 14.3. The molecule has 0 spiro atoms. The molecule has 2 heterocycles. The number of nitrogens with two attached hydrogens (primary N) is 1. The Kier molecular flexibility index (Phi) is 4.42. The fraction of sp³-hybridized carbons (Fsp3) is 0.615. The summed E-state index contributed by atoms with van der Waals surface area (Å²) in [6, 6.07) is 3.60. The van der Waals surface area contributed by atoms with Crippen LogP contribution in [0.5, 0.6) is 0 Å². The molecule has 2 rings (SSSR count). The molecule has 2 N–H and O–H groups in total. The second-order valence-corrected chi connectivity index (χ2v) is 7.00. The normalized spacial score (nSPS) is 20.5. The van der Waals surface area contributed by atoms with Crippen molar-refractivity contribution in [2.75, 3.05) is 24.2 Å². The van der Waals surface area contributed by atoms with Gasteiger partial charge in [-0.05, 0) is 44.4 Å². The molecular formula is C13H21N3O2S. The molecule has 0 saturated carbocycles. The van der Waals surface area contributed by atoms with Crippen LogP contribution in [0.2, 0.25) is 0 Å². The highest BCUT2D eigenvalue weighted by Crippen LogP contribution is 2.29. The number of piperidine rings is 1. The van der Waals surface area contributed by atoms with E-state index in [0.29, 0.717) is 23.3 Å². The first-order valence-corrected chi connectivity index (χ1v) is 8.55. The maximum absolute atomic E-state index is 11.9. The molecule has 0 aromatic carbocycles. The fourth-order valence-corrected chi connectivity index (χ4v) is 3.49. The van der Waals surface area contributed by atoms with Crippen molar-refractivity contribution in [1.82, 2.24) is 4.98 Å². The van der Waals surface area contributed by atoms with Gasteiger partial charge in [0.2, 0.25) is 0 Å². The molecule has 1 atom stereocenters. The molecule has 1 aromatic rings. The molecule has 1 unspecified atom stereocenters. The van der Waals surface area contributed by atoms with Crippen LogP contribution in [-0.2, 0) is 9.84 Å². The zero-order chi connectivity index (χ0) is 13.9. The van der Waals surface area contributed by atoms with Gasteiger partial charge in [0.1, 0.15) is 10.7 Å². The summed E-state index contributed by atoms with van der Waals surface area (Å²) >= 11 is 0. The Morgan fingerprint density at radius 3 is 2.95 bits per heavy atom. The quantitative estimate of drug-likeness (QED) is 0.898. The Hall–Kier alpha value is -1.14. The maximum atomic E-state index is 11.9. The third-order valence-corrected chi connectivity index (χ3v) is 4.67. The second-order valence-electron chi connectivity index (χ2n) is 5.02. The maximum Gasteiger partial charge on any atom is 0.179 e. The molecule has 1 fully saturated rings. The van der Waals surface area contributed by atoms with Gasteiger partial charge in [-0.3, -0.25) is 0 Å². The number of pyridine rings is 1. The van der Waals surface area contributed by atoms with Crippen molar-refractivity contribution in [2.24, 2.45) is 5.73 Å². The third-order valence-electron chi connectivity index (χ3n) is 3.55. The van der Waals surface area contributed by atoms with Gasteiger partial charge in [-0.25, -0.2) is 13.4 Å². The molecule has 0 bridgehead atoms. The minimum atomic E-state index is -3.26. The molecule has 19 heavy (non-hydrogen) atoms. The summed E-state index contributed by atoms with van der Waals surface area (Å²) in [6.45, 7) is 1.46. The van der Waals surface area contributed by atoms with E-state index in [1.165, 1.54) is 12.7 Å². The van der Waals surface area contributed by atoms with Crippen molar-refractivity contribution in [2.45, 2.75) is 36.6 Å². The monoisotopic (exact) mass is 283 g/mol. The van der Waals surface area contributed by atoms with Gasteiger partial charge in [0, 0.05) is 25.0 Å². The Morgan fingerprint density at radius 1 is 1.47 bits per heavy atom. The zero-order valence-corrected chi connectivity index (χ0v) is 12.1. The highest BCUT2D eigenvalue weighted by atomic mass is 32.2. The first-order chi connectivity index (χ1) is 9.04. The summed E-state index contributed by atoms with van der Waals surface area (Å²) in [5, 5.41) is 0. The van der Waals surface area contributed by atoms with Crippen molar-refractivity contribution in [3.05, 3.63) is 18.3 Å². The lowest BCUT2D eigenvalue weighted by Crippen LogP contribution is -2.42. The molecule has 5 nitrogen and oxygen atoms in total. The average molecular weight is 283 g/mol. The number of anilines is 1. The van der Waals surface area contributed by atoms with Gasteiger partial charge in [0.15, 0.2) is 9.84 Å². The smallest absolute Gasteiger partial charge is 0.179 e. The Morgan fingerprint density at radius 2 is 2.26 bits per heavy atom. The molecule has 1 aliphatic heterocycles. The number of hydrogen-bond donors (Lipinski definition) is 1. The lowest BCUT2D eigenvalue weighted by molar-refractivity contribution is 0.436. The number of hydrogen-bond acceptors (Lipinski definition) is 5. The van der Waals surface area contributed by atoms with Crippen LogP contribution < -0.4 is 10.6 Å². The van der Waals surface area contributed by atoms with Crippen LogP contribution in [0.3, 0.4) is 0 Å². The fourth-order valence-electron chi connectivity index (χ4n) is 2.66. The van der Waals surface area contributed by atoms with Gasteiger partial charge in [-0.15, -0.1) is 0 Å². The van der Waals surface area contributed by atoms with E-state index in [2.05, 4.69) is 9.88 Å². The van der Waals surface area contributed by atoms with Crippen molar-refractivity contribution >= 4 is 15.7 Å². The number of aromatic nitrogens is 1. The largest absolute Gasteiger partial charge is 0.353 e. The van der Waals surface area contributed by atoms with E-state index in [-0.39, 0.29) is 0 Å². The molecule has 1 aromatic heterocycles. The van der Waals surface area contributed by atoms with Crippen LogP contribution in [0.25, 0.3) is 0 Å². The van der Waals surface area contributed by atoms with E-state index in [1.54, 1.807) is 18.3 Å². The number of rotatable bonds is 4. The molecule has 1 saturated heterocycles. The van der Waals surface area contributed by atoms with Gasteiger partial charge in [-0.1, -0.05) is 0 Å². The number of nitrogens with zero attached hydrogens (tertiary/aromatic N) is 2. The summed E-state index contributed by atoms with van der Waals surface area (Å²) in [7, 11) is -3.26. The molecule has 0 radical (unpaired) electrons. The van der Waals surface area contributed by atoms with Gasteiger partial charge < -0.3 is 10.6 Å². The Balaban J connectivity index is 2.39. The van der Waals surface area contributed by atoms with Crippen molar-refractivity contribution in [3.8, 4) is 0 Å². The summed E-state index contributed by atoms with van der Waals surface area (Å²) in [5.41, 5.74) is 5.66. The predicted molar refractivity (Wildman–Crippen MR) is 76.0 cm³/mol. The average Bonchev–Trinajstić information content (AvgIpc) is 2.39. The Bertz CT molecular complexity index is 528. The van der Waals surface area contributed by atoms with Gasteiger partial charge in [0.25, 0.3) is 0 Å². The van der Waals surface area contributed by atoms with Crippen molar-refractivity contribution in [1.29, 1.82) is 0 Å². The van der Waals surface area contributed by atoms with E-state index in [9.17, 15) is 8.42 Å². The Labute approximate surface area is 114 Å². The van der Waals surface area contributed by atoms with Crippen molar-refractivity contribution in [3.63, 3.8) is 0 Å². The highest BCUT2D eigenvalue weighted by molar-refractivity contribution is 7.90. The predicted octanol–water partition coefficient (Wildman–Crippen LogP) is 1.19. The van der Waals surface area contributed by atoms with Crippen LogP contribution in [0.1, 0.15) is 25.7 Å². The van der Waals surface area contributed by atoms with Crippen LogP contribution in [0.4, 0.5) is 5.82 Å². The van der Waals surface area contributed by atoms with Gasteiger partial charge in [0.05, 0.1) is 0 Å². The molecule has 106 valence electrons. The summed E-state index contributed by atoms with van der Waals surface area (Å²) in [6.07, 6.45) is 7.05. The van der Waals surface area contributed by atoms with Crippen LogP contribution in [0, 0.1) is 0 Å². The minimum Gasteiger partial charge on any atom is -0.353 e. The van der Waals surface area contributed by atoms with E-state index in [1.807, 2.05) is 0 Å². The SMILES string of the molecule is CS(=O)(=O)c1cccnc1N1CCCCC1CCN.